The Hall–Kier alpha value is -2.64. The molecule has 7 heteroatoms. The second-order valence-corrected chi connectivity index (χ2v) is 11.2. The van der Waals surface area contributed by atoms with E-state index in [0.29, 0.717) is 12.5 Å². The number of nitrogens with one attached hydrogen (secondary N) is 1. The van der Waals surface area contributed by atoms with E-state index in [1.807, 2.05) is 6.07 Å². The van der Waals surface area contributed by atoms with Crippen LogP contribution in [0.2, 0.25) is 5.02 Å². The number of hydrogen-bond donors (Lipinski definition) is 1. The predicted molar refractivity (Wildman–Crippen MR) is 148 cm³/mol. The van der Waals surface area contributed by atoms with E-state index in [1.165, 1.54) is 11.1 Å². The van der Waals surface area contributed by atoms with Crippen molar-refractivity contribution in [2.24, 2.45) is 5.92 Å². The van der Waals surface area contributed by atoms with E-state index in [1.54, 1.807) is 30.4 Å². The largest absolute Gasteiger partial charge is 0.357 e. The summed E-state index contributed by atoms with van der Waals surface area (Å²) < 4.78 is 12.9. The number of nitrogens with zero attached hydrogens (tertiary/aromatic N) is 2. The summed E-state index contributed by atoms with van der Waals surface area (Å²) in [6.45, 7) is 0.615. The van der Waals surface area contributed by atoms with E-state index < -0.39 is 5.79 Å². The number of aromatic amines is 1. The minimum absolute atomic E-state index is 0.00610. The third kappa shape index (κ3) is 5.21. The van der Waals surface area contributed by atoms with Gasteiger partial charge >= 0.3 is 0 Å². The Kier molecular flexibility index (Phi) is 7.08. The Balaban J connectivity index is 1.24. The van der Waals surface area contributed by atoms with Crippen molar-refractivity contribution >= 4 is 23.4 Å². The number of halogens is 1. The van der Waals surface area contributed by atoms with Crippen LogP contribution in [-0.2, 0) is 9.47 Å². The Bertz CT molecular complexity index is 1350. The van der Waals surface area contributed by atoms with Crippen LogP contribution in [0.15, 0.2) is 84.1 Å². The van der Waals surface area contributed by atoms with Gasteiger partial charge in [0.05, 0.1) is 23.5 Å². The minimum Gasteiger partial charge on any atom is -0.357 e. The Morgan fingerprint density at radius 3 is 2.81 bits per heavy atom. The molecule has 1 N–H and O–H groups in total. The molecule has 1 aliphatic carbocycles. The van der Waals surface area contributed by atoms with Gasteiger partial charge in [0.2, 0.25) is 0 Å². The van der Waals surface area contributed by atoms with Gasteiger partial charge in [0.15, 0.2) is 5.79 Å². The van der Waals surface area contributed by atoms with Crippen molar-refractivity contribution in [3.63, 3.8) is 0 Å². The monoisotopic (exact) mass is 531 g/mol. The maximum Gasteiger partial charge on any atom is 0.169 e. The average molecular weight is 532 g/mol. The molecular formula is C30H30ClN3O2S. The van der Waals surface area contributed by atoms with Gasteiger partial charge in [-0.3, -0.25) is 9.97 Å². The molecule has 4 atom stereocenters. The molecule has 6 rings (SSSR count). The van der Waals surface area contributed by atoms with Gasteiger partial charge in [0, 0.05) is 41.7 Å². The van der Waals surface area contributed by atoms with Crippen LogP contribution in [0.1, 0.15) is 54.5 Å². The molecule has 2 aliphatic rings. The topological polar surface area (TPSA) is 60.0 Å². The molecule has 3 unspecified atom stereocenters. The lowest BCUT2D eigenvalue weighted by atomic mass is 9.85. The molecule has 1 spiro atoms. The van der Waals surface area contributed by atoms with Gasteiger partial charge in [0.1, 0.15) is 11.8 Å². The average Bonchev–Trinajstić information content (AvgIpc) is 3.69. The van der Waals surface area contributed by atoms with Crippen molar-refractivity contribution in [2.45, 2.75) is 48.4 Å². The van der Waals surface area contributed by atoms with Crippen LogP contribution in [0.5, 0.6) is 0 Å². The fourth-order valence-electron chi connectivity index (χ4n) is 5.77. The zero-order valence-corrected chi connectivity index (χ0v) is 22.3. The summed E-state index contributed by atoms with van der Waals surface area (Å²) in [5.41, 5.74) is 5.36. The Morgan fingerprint density at radius 2 is 2.03 bits per heavy atom. The minimum atomic E-state index is -0.476. The van der Waals surface area contributed by atoms with Crippen molar-refractivity contribution in [3.8, 4) is 11.4 Å². The van der Waals surface area contributed by atoms with Crippen molar-refractivity contribution < 1.29 is 9.47 Å². The van der Waals surface area contributed by atoms with Crippen LogP contribution in [0.4, 0.5) is 0 Å². The summed E-state index contributed by atoms with van der Waals surface area (Å²) in [5, 5.41) is 0.798. The number of thioether (sulfide) groups is 1. The molecular weight excluding hydrogens is 502 g/mol. The molecule has 3 heterocycles. The molecule has 1 aliphatic heterocycles. The fraction of sp³-hybridized carbons (Fsp3) is 0.333. The quantitative estimate of drug-likeness (QED) is 0.248. The number of hydrogen-bond acceptors (Lipinski definition) is 5. The van der Waals surface area contributed by atoms with Gasteiger partial charge in [-0.25, -0.2) is 0 Å². The van der Waals surface area contributed by atoms with Gasteiger partial charge in [-0.2, -0.15) is 0 Å². The van der Waals surface area contributed by atoms with Crippen LogP contribution in [0.25, 0.3) is 11.4 Å². The highest BCUT2D eigenvalue weighted by Crippen LogP contribution is 2.49. The second-order valence-electron chi connectivity index (χ2n) is 9.95. The standard InChI is InChI=1S/C30H30ClN3O2S/c1-37-29-10-7-22(16-24(29)31)23(25-8-9-26(34-25)27-18-32-13-14-33-27)15-20-11-12-30(17-20)35-19-28(36-30)21-5-3-2-4-6-21/h2-10,13-14,16,18,20,23,28,34H,11-12,15,17,19H2,1H3/t20?,23?,28-,30?/m0/s1. The van der Waals surface area contributed by atoms with E-state index in [-0.39, 0.29) is 12.0 Å². The maximum absolute atomic E-state index is 6.66. The molecule has 2 aromatic heterocycles. The van der Waals surface area contributed by atoms with Gasteiger partial charge < -0.3 is 14.5 Å². The van der Waals surface area contributed by atoms with E-state index >= 15 is 0 Å². The van der Waals surface area contributed by atoms with Gasteiger partial charge in [-0.15, -0.1) is 11.8 Å². The summed E-state index contributed by atoms with van der Waals surface area (Å²) in [6.07, 6.45) is 11.1. The summed E-state index contributed by atoms with van der Waals surface area (Å²) in [4.78, 5) is 13.4. The van der Waals surface area contributed by atoms with Crippen LogP contribution in [-0.4, -0.2) is 33.6 Å². The summed E-state index contributed by atoms with van der Waals surface area (Å²) in [6, 6.07) is 21.1. The number of ether oxygens (including phenoxy) is 2. The molecule has 1 saturated carbocycles. The molecule has 0 radical (unpaired) electrons. The molecule has 1 saturated heterocycles. The third-order valence-corrected chi connectivity index (χ3v) is 8.85. The van der Waals surface area contributed by atoms with Crippen molar-refractivity contribution in [1.29, 1.82) is 0 Å². The van der Waals surface area contributed by atoms with Crippen molar-refractivity contribution in [1.82, 2.24) is 15.0 Å². The first-order valence-corrected chi connectivity index (χ1v) is 14.4. The van der Waals surface area contributed by atoms with Crippen LogP contribution in [0.3, 0.4) is 0 Å². The van der Waals surface area contributed by atoms with E-state index in [4.69, 9.17) is 21.1 Å². The summed E-state index contributed by atoms with van der Waals surface area (Å²) in [7, 11) is 0. The molecule has 4 aromatic rings. The van der Waals surface area contributed by atoms with Crippen LogP contribution in [0, 0.1) is 5.92 Å². The first-order valence-electron chi connectivity index (χ1n) is 12.8. The zero-order chi connectivity index (χ0) is 25.2. The van der Waals surface area contributed by atoms with Crippen LogP contribution >= 0.6 is 23.4 Å². The highest BCUT2D eigenvalue weighted by atomic mass is 35.5. The van der Waals surface area contributed by atoms with Crippen molar-refractivity contribution in [2.75, 3.05) is 12.9 Å². The molecule has 0 bridgehead atoms. The first kappa shape index (κ1) is 24.7. The Labute approximate surface area is 227 Å². The first-order chi connectivity index (χ1) is 18.1. The molecule has 5 nitrogen and oxygen atoms in total. The van der Waals surface area contributed by atoms with E-state index in [2.05, 4.69) is 75.8 Å². The van der Waals surface area contributed by atoms with Crippen molar-refractivity contribution in [3.05, 3.63) is 101 Å². The van der Waals surface area contributed by atoms with Gasteiger partial charge in [-0.1, -0.05) is 48.0 Å². The van der Waals surface area contributed by atoms with E-state index in [0.717, 1.165) is 52.7 Å². The molecule has 2 fully saturated rings. The summed E-state index contributed by atoms with van der Waals surface area (Å²) in [5.74, 6) is 0.170. The molecule has 0 amide bonds. The zero-order valence-electron chi connectivity index (χ0n) is 20.8. The second kappa shape index (κ2) is 10.6. The van der Waals surface area contributed by atoms with Gasteiger partial charge in [-0.05, 0) is 60.4 Å². The molecule has 2 aromatic carbocycles. The lowest BCUT2D eigenvalue weighted by Crippen LogP contribution is -2.26. The fourth-order valence-corrected chi connectivity index (χ4v) is 6.65. The SMILES string of the molecule is CSc1ccc(C(CC2CCC3(C2)OC[C@@H](c2ccccc2)O3)c2ccc(-c3cnccn3)[nH]2)cc1Cl. The molecule has 37 heavy (non-hydrogen) atoms. The Morgan fingerprint density at radius 1 is 1.14 bits per heavy atom. The highest BCUT2D eigenvalue weighted by Gasteiger charge is 2.48. The third-order valence-electron chi connectivity index (χ3n) is 7.63. The normalized spacial score (nSPS) is 24.1. The maximum atomic E-state index is 6.66. The predicted octanol–water partition coefficient (Wildman–Crippen LogP) is 7.65. The number of benzene rings is 2. The lowest BCUT2D eigenvalue weighted by molar-refractivity contribution is -0.165. The summed E-state index contributed by atoms with van der Waals surface area (Å²) >= 11 is 8.33. The van der Waals surface area contributed by atoms with E-state index in [9.17, 15) is 0 Å². The number of rotatable bonds is 7. The highest BCUT2D eigenvalue weighted by molar-refractivity contribution is 7.98. The lowest BCUT2D eigenvalue weighted by Gasteiger charge is -2.25. The number of aromatic nitrogens is 3. The van der Waals surface area contributed by atoms with Crippen LogP contribution < -0.4 is 0 Å². The van der Waals surface area contributed by atoms with Gasteiger partial charge in [0.25, 0.3) is 0 Å². The smallest absolute Gasteiger partial charge is 0.169 e. The molecule has 190 valence electrons. The number of H-pyrrole nitrogens is 1.